The van der Waals surface area contributed by atoms with Crippen molar-refractivity contribution in [3.8, 4) is 0 Å². The first-order valence-corrected chi connectivity index (χ1v) is 7.91. The number of rotatable bonds is 3. The van der Waals surface area contributed by atoms with Crippen LogP contribution >= 0.6 is 0 Å². The van der Waals surface area contributed by atoms with E-state index in [1.165, 1.54) is 0 Å². The minimum atomic E-state index is -1.06. The zero-order valence-corrected chi connectivity index (χ0v) is 13.7. The Morgan fingerprint density at radius 2 is 1.91 bits per heavy atom. The van der Waals surface area contributed by atoms with Crippen LogP contribution in [0.2, 0.25) is 0 Å². The first-order chi connectivity index (χ1) is 10.3. The van der Waals surface area contributed by atoms with E-state index in [0.717, 1.165) is 17.7 Å². The standard InChI is InChI=1S/C18H23NO3/c1-5-12-8-6-7-9-13(12)19-14(20)18-11-10-17(4,15(21)22-18)16(18,2)3/h6-9H,5,10-11H2,1-4H3,(H,19,20)/t17-,18+/m0/s1. The lowest BCUT2D eigenvalue weighted by atomic mass is 9.66. The number of fused-ring (bicyclic) bond motifs is 2. The van der Waals surface area contributed by atoms with Gasteiger partial charge in [0.2, 0.25) is 0 Å². The first-order valence-electron chi connectivity index (χ1n) is 7.91. The van der Waals surface area contributed by atoms with Crippen molar-refractivity contribution in [3.63, 3.8) is 0 Å². The third-order valence-electron chi connectivity index (χ3n) is 6.10. The van der Waals surface area contributed by atoms with Crippen LogP contribution < -0.4 is 5.32 Å². The molecule has 22 heavy (non-hydrogen) atoms. The lowest BCUT2D eigenvalue weighted by Gasteiger charge is -2.35. The van der Waals surface area contributed by atoms with Gasteiger partial charge in [-0.05, 0) is 37.8 Å². The molecule has 2 fully saturated rings. The Morgan fingerprint density at radius 1 is 1.23 bits per heavy atom. The van der Waals surface area contributed by atoms with Crippen molar-refractivity contribution < 1.29 is 14.3 Å². The molecule has 2 atom stereocenters. The van der Waals surface area contributed by atoms with Crippen LogP contribution in [0.25, 0.3) is 0 Å². The molecule has 0 spiro atoms. The number of hydrogen-bond acceptors (Lipinski definition) is 3. The maximum Gasteiger partial charge on any atom is 0.313 e. The van der Waals surface area contributed by atoms with Gasteiger partial charge in [-0.3, -0.25) is 9.59 Å². The highest BCUT2D eigenvalue weighted by Crippen LogP contribution is 2.65. The molecule has 1 amide bonds. The number of carbonyl (C=O) groups excluding carboxylic acids is 2. The number of anilines is 1. The van der Waals surface area contributed by atoms with Gasteiger partial charge < -0.3 is 10.1 Å². The van der Waals surface area contributed by atoms with Crippen LogP contribution in [0.4, 0.5) is 5.69 Å². The molecule has 0 aromatic heterocycles. The molecule has 1 aliphatic heterocycles. The summed E-state index contributed by atoms with van der Waals surface area (Å²) in [6, 6.07) is 7.75. The molecule has 1 N–H and O–H groups in total. The van der Waals surface area contributed by atoms with Crippen molar-refractivity contribution in [1.82, 2.24) is 0 Å². The monoisotopic (exact) mass is 301 g/mol. The van der Waals surface area contributed by atoms with Crippen LogP contribution in [0.15, 0.2) is 24.3 Å². The highest BCUT2D eigenvalue weighted by molar-refractivity contribution is 6.03. The van der Waals surface area contributed by atoms with Gasteiger partial charge in [0.05, 0.1) is 5.41 Å². The van der Waals surface area contributed by atoms with Gasteiger partial charge in [0.25, 0.3) is 5.91 Å². The molecular weight excluding hydrogens is 278 g/mol. The Balaban J connectivity index is 1.95. The molecule has 118 valence electrons. The summed E-state index contributed by atoms with van der Waals surface area (Å²) in [5, 5.41) is 3.00. The zero-order chi connectivity index (χ0) is 16.2. The number of nitrogens with one attached hydrogen (secondary N) is 1. The molecule has 1 saturated carbocycles. The van der Waals surface area contributed by atoms with Gasteiger partial charge in [-0.2, -0.15) is 0 Å². The Bertz CT molecular complexity index is 651. The van der Waals surface area contributed by atoms with Gasteiger partial charge >= 0.3 is 5.97 Å². The Kier molecular flexibility index (Phi) is 3.13. The van der Waals surface area contributed by atoms with Crippen LogP contribution in [0.3, 0.4) is 0 Å². The van der Waals surface area contributed by atoms with E-state index in [1.54, 1.807) is 0 Å². The molecular formula is C18H23NO3. The van der Waals surface area contributed by atoms with Gasteiger partial charge in [0, 0.05) is 11.1 Å². The van der Waals surface area contributed by atoms with Crippen molar-refractivity contribution >= 4 is 17.6 Å². The van der Waals surface area contributed by atoms with Crippen molar-refractivity contribution in [2.45, 2.75) is 52.6 Å². The van der Waals surface area contributed by atoms with Crippen LogP contribution in [-0.2, 0) is 20.7 Å². The maximum absolute atomic E-state index is 13.0. The average molecular weight is 301 g/mol. The van der Waals surface area contributed by atoms with Crippen molar-refractivity contribution in [3.05, 3.63) is 29.8 Å². The third-order valence-corrected chi connectivity index (χ3v) is 6.10. The summed E-state index contributed by atoms with van der Waals surface area (Å²) in [6.45, 7) is 7.90. The van der Waals surface area contributed by atoms with Gasteiger partial charge in [-0.1, -0.05) is 39.0 Å². The highest BCUT2D eigenvalue weighted by Gasteiger charge is 2.75. The third kappa shape index (κ3) is 1.64. The predicted octanol–water partition coefficient (Wildman–Crippen LogP) is 3.31. The Hall–Kier alpha value is -1.84. The largest absolute Gasteiger partial charge is 0.448 e. The van der Waals surface area contributed by atoms with E-state index in [1.807, 2.05) is 45.0 Å². The minimum Gasteiger partial charge on any atom is -0.448 e. The van der Waals surface area contributed by atoms with E-state index >= 15 is 0 Å². The molecule has 2 aliphatic rings. The van der Waals surface area contributed by atoms with E-state index in [0.29, 0.717) is 12.8 Å². The normalized spacial score (nSPS) is 31.9. The molecule has 0 radical (unpaired) electrons. The van der Waals surface area contributed by atoms with Crippen LogP contribution in [0, 0.1) is 10.8 Å². The summed E-state index contributed by atoms with van der Waals surface area (Å²) in [5.41, 5.74) is -0.261. The fourth-order valence-electron chi connectivity index (χ4n) is 3.92. The highest BCUT2D eigenvalue weighted by atomic mass is 16.6. The molecule has 1 aromatic carbocycles. The van der Waals surface area contributed by atoms with Gasteiger partial charge in [0.1, 0.15) is 0 Å². The summed E-state index contributed by atoms with van der Waals surface area (Å²) in [5.74, 6) is -0.448. The Labute approximate surface area is 131 Å². The average Bonchev–Trinajstić information content (AvgIpc) is 2.78. The molecule has 1 saturated heterocycles. The molecule has 2 bridgehead atoms. The zero-order valence-electron chi connectivity index (χ0n) is 13.7. The second-order valence-corrected chi connectivity index (χ2v) is 7.14. The molecule has 1 heterocycles. The number of amides is 1. The Morgan fingerprint density at radius 3 is 2.45 bits per heavy atom. The number of ether oxygens (including phenoxy) is 1. The summed E-state index contributed by atoms with van der Waals surface area (Å²) >= 11 is 0. The quantitative estimate of drug-likeness (QED) is 0.871. The van der Waals surface area contributed by atoms with E-state index in [-0.39, 0.29) is 11.9 Å². The van der Waals surface area contributed by atoms with Crippen molar-refractivity contribution in [2.24, 2.45) is 10.8 Å². The van der Waals surface area contributed by atoms with Gasteiger partial charge in [-0.15, -0.1) is 0 Å². The van der Waals surface area contributed by atoms with Crippen molar-refractivity contribution in [2.75, 3.05) is 5.32 Å². The molecule has 0 unspecified atom stereocenters. The molecule has 1 aliphatic carbocycles. The van der Waals surface area contributed by atoms with Crippen LogP contribution in [-0.4, -0.2) is 17.5 Å². The number of hydrogen-bond donors (Lipinski definition) is 1. The fraction of sp³-hybridized carbons (Fsp3) is 0.556. The number of carbonyl (C=O) groups is 2. The number of para-hydroxylation sites is 1. The summed E-state index contributed by atoms with van der Waals surface area (Å²) in [6.07, 6.45) is 2.12. The summed E-state index contributed by atoms with van der Waals surface area (Å²) < 4.78 is 5.62. The lowest BCUT2D eigenvalue weighted by molar-refractivity contribution is -0.165. The minimum absolute atomic E-state index is 0.201. The first kappa shape index (κ1) is 15.1. The molecule has 4 nitrogen and oxygen atoms in total. The maximum atomic E-state index is 13.0. The summed E-state index contributed by atoms with van der Waals surface area (Å²) in [4.78, 5) is 25.2. The van der Waals surface area contributed by atoms with Crippen molar-refractivity contribution in [1.29, 1.82) is 0 Å². The summed E-state index contributed by atoms with van der Waals surface area (Å²) in [7, 11) is 0. The van der Waals surface area contributed by atoms with Gasteiger partial charge in [0.15, 0.2) is 5.60 Å². The van der Waals surface area contributed by atoms with Crippen LogP contribution in [0.5, 0.6) is 0 Å². The smallest absolute Gasteiger partial charge is 0.313 e. The van der Waals surface area contributed by atoms with Crippen LogP contribution in [0.1, 0.15) is 46.1 Å². The SMILES string of the molecule is CCc1ccccc1NC(=O)[C@@]12CC[C@@](C)(C(=O)O1)C2(C)C. The topological polar surface area (TPSA) is 55.4 Å². The second-order valence-electron chi connectivity index (χ2n) is 7.14. The lowest BCUT2D eigenvalue weighted by Crippen LogP contribution is -2.50. The molecule has 4 heteroatoms. The predicted molar refractivity (Wildman–Crippen MR) is 84.4 cm³/mol. The molecule has 3 rings (SSSR count). The van der Waals surface area contributed by atoms with Gasteiger partial charge in [-0.25, -0.2) is 0 Å². The number of benzene rings is 1. The van der Waals surface area contributed by atoms with E-state index < -0.39 is 16.4 Å². The van der Waals surface area contributed by atoms with E-state index in [9.17, 15) is 9.59 Å². The van der Waals surface area contributed by atoms with E-state index in [2.05, 4.69) is 12.2 Å². The molecule has 1 aromatic rings. The number of esters is 1. The second kappa shape index (κ2) is 4.58. The van der Waals surface area contributed by atoms with E-state index in [4.69, 9.17) is 4.74 Å². The fourth-order valence-corrected chi connectivity index (χ4v) is 3.92. The number of aryl methyl sites for hydroxylation is 1.